The summed E-state index contributed by atoms with van der Waals surface area (Å²) in [6, 6.07) is 11.2. The molecule has 4 nitrogen and oxygen atoms in total. The Balaban J connectivity index is 1.70. The molecule has 1 aromatic carbocycles. The first-order valence-corrected chi connectivity index (χ1v) is 7.78. The van der Waals surface area contributed by atoms with E-state index in [2.05, 4.69) is 34.3 Å². The third kappa shape index (κ3) is 3.34. The summed E-state index contributed by atoms with van der Waals surface area (Å²) < 4.78 is 1.98. The fourth-order valence-electron chi connectivity index (χ4n) is 3.27. The summed E-state index contributed by atoms with van der Waals surface area (Å²) >= 11 is 0. The minimum atomic E-state index is 0.257. The summed E-state index contributed by atoms with van der Waals surface area (Å²) in [5.74, 6) is 0. The second-order valence-corrected chi connectivity index (χ2v) is 5.64. The van der Waals surface area contributed by atoms with E-state index in [0.717, 1.165) is 32.5 Å². The van der Waals surface area contributed by atoms with E-state index in [4.69, 9.17) is 5.11 Å². The molecule has 1 aliphatic carbocycles. The second-order valence-electron chi connectivity index (χ2n) is 5.64. The molecule has 1 atom stereocenters. The zero-order chi connectivity index (χ0) is 14.5. The van der Waals surface area contributed by atoms with E-state index in [1.54, 1.807) is 0 Å². The maximum atomic E-state index is 9.16. The molecule has 3 rings (SSSR count). The van der Waals surface area contributed by atoms with E-state index in [1.807, 2.05) is 23.1 Å². The Morgan fingerprint density at radius 2 is 2.14 bits per heavy atom. The summed E-state index contributed by atoms with van der Waals surface area (Å²) in [6.07, 6.45) is 7.01. The van der Waals surface area contributed by atoms with Crippen LogP contribution in [-0.2, 0) is 13.0 Å². The highest BCUT2D eigenvalue weighted by Gasteiger charge is 2.27. The zero-order valence-electron chi connectivity index (χ0n) is 12.4. The van der Waals surface area contributed by atoms with Crippen LogP contribution in [0, 0.1) is 0 Å². The molecule has 0 bridgehead atoms. The van der Waals surface area contributed by atoms with Gasteiger partial charge >= 0.3 is 0 Å². The lowest BCUT2D eigenvalue weighted by atomic mass is 10.1. The minimum absolute atomic E-state index is 0.257. The van der Waals surface area contributed by atoms with Gasteiger partial charge in [0, 0.05) is 38.1 Å². The number of benzene rings is 1. The molecule has 0 saturated heterocycles. The van der Waals surface area contributed by atoms with Crippen LogP contribution in [0.5, 0.6) is 0 Å². The highest BCUT2D eigenvalue weighted by atomic mass is 16.3. The van der Waals surface area contributed by atoms with Gasteiger partial charge in [-0.1, -0.05) is 24.3 Å². The number of aromatic nitrogens is 2. The third-order valence-electron chi connectivity index (χ3n) is 4.32. The number of aliphatic hydroxyl groups excluding tert-OH is 1. The molecule has 0 spiro atoms. The molecule has 1 heterocycles. The van der Waals surface area contributed by atoms with Crippen molar-refractivity contribution in [2.75, 3.05) is 19.7 Å². The van der Waals surface area contributed by atoms with E-state index in [9.17, 15) is 0 Å². The van der Waals surface area contributed by atoms with Gasteiger partial charge in [-0.15, -0.1) is 0 Å². The first-order valence-electron chi connectivity index (χ1n) is 7.78. The van der Waals surface area contributed by atoms with Crippen molar-refractivity contribution < 1.29 is 5.11 Å². The van der Waals surface area contributed by atoms with E-state index in [0.29, 0.717) is 6.04 Å². The molecular formula is C17H23N3O. The first kappa shape index (κ1) is 14.3. The van der Waals surface area contributed by atoms with Crippen molar-refractivity contribution in [2.24, 2.45) is 0 Å². The molecule has 2 aromatic rings. The summed E-state index contributed by atoms with van der Waals surface area (Å²) in [6.45, 7) is 3.07. The molecule has 112 valence electrons. The normalized spacial score (nSPS) is 17.3. The number of hydrogen-bond donors (Lipinski definition) is 1. The number of rotatable bonds is 7. The molecular weight excluding hydrogens is 262 g/mol. The van der Waals surface area contributed by atoms with Crippen LogP contribution in [0.3, 0.4) is 0 Å². The number of aliphatic hydroxyl groups is 1. The molecule has 0 unspecified atom stereocenters. The van der Waals surface area contributed by atoms with Crippen molar-refractivity contribution in [2.45, 2.75) is 31.8 Å². The van der Waals surface area contributed by atoms with Crippen LogP contribution in [-0.4, -0.2) is 39.5 Å². The molecule has 1 aromatic heterocycles. The van der Waals surface area contributed by atoms with Crippen molar-refractivity contribution in [1.29, 1.82) is 0 Å². The minimum Gasteiger partial charge on any atom is -0.396 e. The summed E-state index contributed by atoms with van der Waals surface area (Å²) in [7, 11) is 0. The highest BCUT2D eigenvalue weighted by molar-refractivity contribution is 5.34. The van der Waals surface area contributed by atoms with E-state index >= 15 is 0 Å². The van der Waals surface area contributed by atoms with Crippen LogP contribution in [0.25, 0.3) is 0 Å². The van der Waals surface area contributed by atoms with Crippen molar-refractivity contribution in [3.8, 4) is 0 Å². The van der Waals surface area contributed by atoms with Gasteiger partial charge in [-0.25, -0.2) is 0 Å². The first-order chi connectivity index (χ1) is 10.4. The molecule has 1 N–H and O–H groups in total. The van der Waals surface area contributed by atoms with Crippen LogP contribution in [0.2, 0.25) is 0 Å². The lowest BCUT2D eigenvalue weighted by Gasteiger charge is -2.29. The number of nitrogens with zero attached hydrogens (tertiary/aromatic N) is 3. The Labute approximate surface area is 126 Å². The molecule has 0 fully saturated rings. The fourth-order valence-corrected chi connectivity index (χ4v) is 3.27. The van der Waals surface area contributed by atoms with E-state index < -0.39 is 0 Å². The molecule has 0 radical (unpaired) electrons. The van der Waals surface area contributed by atoms with Crippen LogP contribution < -0.4 is 0 Å². The quantitative estimate of drug-likeness (QED) is 0.848. The highest BCUT2D eigenvalue weighted by Crippen LogP contribution is 2.35. The number of aryl methyl sites for hydroxylation is 1. The van der Waals surface area contributed by atoms with Gasteiger partial charge in [0.2, 0.25) is 0 Å². The summed E-state index contributed by atoms with van der Waals surface area (Å²) in [4.78, 5) is 2.50. The summed E-state index contributed by atoms with van der Waals surface area (Å²) in [5, 5.41) is 13.4. The van der Waals surface area contributed by atoms with Crippen LogP contribution >= 0.6 is 0 Å². The fraction of sp³-hybridized carbons (Fsp3) is 0.471. The van der Waals surface area contributed by atoms with Gasteiger partial charge in [-0.05, 0) is 36.5 Å². The van der Waals surface area contributed by atoms with Crippen LogP contribution in [0.1, 0.15) is 30.0 Å². The van der Waals surface area contributed by atoms with Gasteiger partial charge in [0.05, 0.1) is 6.54 Å². The zero-order valence-corrected chi connectivity index (χ0v) is 12.4. The smallest absolute Gasteiger partial charge is 0.0536 e. The van der Waals surface area contributed by atoms with Gasteiger partial charge in [0.25, 0.3) is 0 Å². The largest absolute Gasteiger partial charge is 0.396 e. The van der Waals surface area contributed by atoms with Crippen molar-refractivity contribution in [3.05, 3.63) is 53.9 Å². The number of hydrogen-bond acceptors (Lipinski definition) is 3. The molecule has 0 amide bonds. The van der Waals surface area contributed by atoms with E-state index in [1.165, 1.54) is 17.5 Å². The Hall–Kier alpha value is -1.65. The lowest BCUT2D eigenvalue weighted by Crippen LogP contribution is -2.32. The maximum Gasteiger partial charge on any atom is 0.0536 e. The SMILES string of the molecule is OCCCN(CCn1cccn1)[C@@H]1CCc2ccccc21. The monoisotopic (exact) mass is 285 g/mol. The summed E-state index contributed by atoms with van der Waals surface area (Å²) in [5.41, 5.74) is 2.95. The average molecular weight is 285 g/mol. The van der Waals surface area contributed by atoms with Crippen molar-refractivity contribution >= 4 is 0 Å². The Morgan fingerprint density at radius 1 is 1.24 bits per heavy atom. The van der Waals surface area contributed by atoms with Gasteiger partial charge in [-0.3, -0.25) is 9.58 Å². The van der Waals surface area contributed by atoms with Gasteiger partial charge < -0.3 is 5.11 Å². The van der Waals surface area contributed by atoms with Gasteiger partial charge in [-0.2, -0.15) is 5.10 Å². The predicted octanol–water partition coefficient (Wildman–Crippen LogP) is 2.25. The lowest BCUT2D eigenvalue weighted by molar-refractivity contribution is 0.166. The number of fused-ring (bicyclic) bond motifs is 1. The predicted molar refractivity (Wildman–Crippen MR) is 83.0 cm³/mol. The standard InChI is InChI=1S/C17H23N3O/c21-14-4-10-19(12-13-20-11-3-9-18-20)17-8-7-15-5-1-2-6-16(15)17/h1-3,5-6,9,11,17,21H,4,7-8,10,12-14H2/t17-/m1/s1. The van der Waals surface area contributed by atoms with Crippen molar-refractivity contribution in [3.63, 3.8) is 0 Å². The van der Waals surface area contributed by atoms with Gasteiger partial charge in [0.15, 0.2) is 0 Å². The van der Waals surface area contributed by atoms with Crippen molar-refractivity contribution in [1.82, 2.24) is 14.7 Å². The third-order valence-corrected chi connectivity index (χ3v) is 4.32. The molecule has 1 aliphatic rings. The maximum absolute atomic E-state index is 9.16. The Kier molecular flexibility index (Phi) is 4.68. The molecule has 0 saturated carbocycles. The van der Waals surface area contributed by atoms with Crippen LogP contribution in [0.15, 0.2) is 42.7 Å². The Morgan fingerprint density at radius 3 is 2.95 bits per heavy atom. The van der Waals surface area contributed by atoms with Gasteiger partial charge in [0.1, 0.15) is 0 Å². The Bertz CT molecular complexity index is 553. The van der Waals surface area contributed by atoms with E-state index in [-0.39, 0.29) is 6.61 Å². The second kappa shape index (κ2) is 6.87. The molecule has 21 heavy (non-hydrogen) atoms. The molecule has 0 aliphatic heterocycles. The topological polar surface area (TPSA) is 41.3 Å². The van der Waals surface area contributed by atoms with Crippen LogP contribution in [0.4, 0.5) is 0 Å². The average Bonchev–Trinajstić information content (AvgIpc) is 3.17. The molecule has 4 heteroatoms.